The minimum Gasteiger partial charge on any atom is -0.449 e. The van der Waals surface area contributed by atoms with Crippen molar-refractivity contribution in [2.45, 2.75) is 6.92 Å². The van der Waals surface area contributed by atoms with E-state index in [0.29, 0.717) is 34.2 Å². The number of nitrogens with one attached hydrogen (secondary N) is 1. The van der Waals surface area contributed by atoms with Gasteiger partial charge in [0.25, 0.3) is 0 Å². The molecule has 0 radical (unpaired) electrons. The number of esters is 1. The van der Waals surface area contributed by atoms with Crippen LogP contribution in [0.5, 0.6) is 23.0 Å². The molecule has 0 saturated heterocycles. The molecule has 7 heteroatoms. The van der Waals surface area contributed by atoms with E-state index in [9.17, 15) is 14.4 Å². The van der Waals surface area contributed by atoms with E-state index < -0.39 is 12.1 Å². The van der Waals surface area contributed by atoms with Crippen LogP contribution in [0.25, 0.3) is 0 Å². The van der Waals surface area contributed by atoms with Crippen LogP contribution in [0.2, 0.25) is 0 Å². The first-order valence-electron chi connectivity index (χ1n) is 8.72. The van der Waals surface area contributed by atoms with Crippen molar-refractivity contribution < 1.29 is 28.6 Å². The van der Waals surface area contributed by atoms with Crippen LogP contribution < -0.4 is 14.8 Å². The number of anilines is 1. The highest BCUT2D eigenvalue weighted by atomic mass is 16.6. The van der Waals surface area contributed by atoms with E-state index in [-0.39, 0.29) is 11.3 Å². The average molecular weight is 389 g/mol. The Kier molecular flexibility index (Phi) is 4.70. The number of benzene rings is 3. The summed E-state index contributed by atoms with van der Waals surface area (Å²) in [5, 5.41) is 2.48. The van der Waals surface area contributed by atoms with Crippen LogP contribution in [0.3, 0.4) is 0 Å². The largest absolute Gasteiger partial charge is 0.449 e. The van der Waals surface area contributed by atoms with Gasteiger partial charge < -0.3 is 14.2 Å². The van der Waals surface area contributed by atoms with Crippen molar-refractivity contribution in [1.29, 1.82) is 0 Å². The summed E-state index contributed by atoms with van der Waals surface area (Å²) in [6.07, 6.45) is -0.915. The van der Waals surface area contributed by atoms with Crippen LogP contribution >= 0.6 is 0 Å². The molecule has 0 aliphatic carbocycles. The van der Waals surface area contributed by atoms with Gasteiger partial charge in [-0.3, -0.25) is 10.1 Å². The zero-order valence-corrected chi connectivity index (χ0v) is 15.3. The first-order valence-corrected chi connectivity index (χ1v) is 8.72. The van der Waals surface area contributed by atoms with E-state index in [1.807, 2.05) is 0 Å². The summed E-state index contributed by atoms with van der Waals surface area (Å²) in [5.41, 5.74) is 1.15. The minimum atomic E-state index is -0.915. The third kappa shape index (κ3) is 3.93. The van der Waals surface area contributed by atoms with E-state index in [2.05, 4.69) is 5.32 Å². The quantitative estimate of drug-likeness (QED) is 0.295. The molecule has 3 aromatic carbocycles. The molecule has 4 rings (SSSR count). The topological polar surface area (TPSA) is 90.9 Å². The number of carbonyl (C=O) groups excluding carboxylic acids is 3. The lowest BCUT2D eigenvalue weighted by Gasteiger charge is -2.21. The Bertz CT molecular complexity index is 1120. The van der Waals surface area contributed by atoms with Gasteiger partial charge in [-0.15, -0.1) is 0 Å². The van der Waals surface area contributed by atoms with Crippen LogP contribution in [0.1, 0.15) is 27.6 Å². The second kappa shape index (κ2) is 7.47. The summed E-state index contributed by atoms with van der Waals surface area (Å²) in [6, 6.07) is 17.8. The molecule has 29 heavy (non-hydrogen) atoms. The van der Waals surface area contributed by atoms with Crippen LogP contribution in [0, 0.1) is 0 Å². The number of ether oxygens (including phenoxy) is 3. The maximum absolute atomic E-state index is 12.0. The van der Waals surface area contributed by atoms with Crippen LogP contribution in [0.4, 0.5) is 10.5 Å². The Labute approximate surface area is 165 Å². The summed E-state index contributed by atoms with van der Waals surface area (Å²) in [4.78, 5) is 35.5. The van der Waals surface area contributed by atoms with Crippen LogP contribution in [0.15, 0.2) is 66.7 Å². The number of carbonyl (C=O) groups is 3. The molecular formula is C22H15NO6. The number of Topliss-reactive ketones (excluding diaryl/α,β-unsaturated/α-hetero) is 1. The fraction of sp³-hybridized carbons (Fsp3) is 0.0455. The molecule has 1 aliphatic heterocycles. The number of fused-ring (bicyclic) bond motifs is 2. The van der Waals surface area contributed by atoms with E-state index in [1.54, 1.807) is 66.7 Å². The van der Waals surface area contributed by atoms with Crippen molar-refractivity contribution in [3.63, 3.8) is 0 Å². The van der Waals surface area contributed by atoms with Crippen LogP contribution in [-0.2, 0) is 4.74 Å². The van der Waals surface area contributed by atoms with Gasteiger partial charge in [0.15, 0.2) is 28.8 Å². The monoisotopic (exact) mass is 389 g/mol. The standard InChI is InChI=1S/C22H15NO6/c1-13(24)15-7-9-17-19(11-15)27-18-10-8-16(12-20(18)28-17)23-22(26)29-21(25)14-5-3-2-4-6-14/h2-12H,1H3,(H,23,26). The van der Waals surface area contributed by atoms with E-state index in [4.69, 9.17) is 14.2 Å². The Morgan fingerprint density at radius 3 is 2.10 bits per heavy atom. The summed E-state index contributed by atoms with van der Waals surface area (Å²) in [5.74, 6) is 0.846. The Morgan fingerprint density at radius 1 is 0.759 bits per heavy atom. The van der Waals surface area contributed by atoms with Gasteiger partial charge in [-0.05, 0) is 49.4 Å². The van der Waals surface area contributed by atoms with Gasteiger partial charge in [-0.1, -0.05) is 18.2 Å². The second-order valence-electron chi connectivity index (χ2n) is 6.25. The molecule has 0 bridgehead atoms. The fourth-order valence-corrected chi connectivity index (χ4v) is 2.74. The smallest absolute Gasteiger partial charge is 0.419 e. The molecule has 3 aromatic rings. The molecule has 7 nitrogen and oxygen atoms in total. The number of hydrogen-bond donors (Lipinski definition) is 1. The van der Waals surface area contributed by atoms with Gasteiger partial charge >= 0.3 is 12.1 Å². The summed E-state index contributed by atoms with van der Waals surface area (Å²) >= 11 is 0. The van der Waals surface area contributed by atoms with Gasteiger partial charge in [0.1, 0.15) is 0 Å². The second-order valence-corrected chi connectivity index (χ2v) is 6.25. The van der Waals surface area contributed by atoms with Gasteiger partial charge in [-0.25, -0.2) is 9.59 Å². The van der Waals surface area contributed by atoms with Gasteiger partial charge in [0.2, 0.25) is 0 Å². The van der Waals surface area contributed by atoms with Gasteiger partial charge in [0, 0.05) is 17.3 Å². The Morgan fingerprint density at radius 2 is 1.41 bits per heavy atom. The number of rotatable bonds is 3. The SMILES string of the molecule is CC(=O)c1ccc2c(c1)Oc1ccc(NC(=O)OC(=O)c3ccccc3)cc1O2. The highest BCUT2D eigenvalue weighted by Gasteiger charge is 2.21. The molecule has 0 atom stereocenters. The molecule has 1 heterocycles. The third-order valence-electron chi connectivity index (χ3n) is 4.18. The molecule has 144 valence electrons. The first kappa shape index (κ1) is 18.2. The van der Waals surface area contributed by atoms with Crippen molar-refractivity contribution in [2.24, 2.45) is 0 Å². The Balaban J connectivity index is 1.46. The molecule has 1 amide bonds. The van der Waals surface area contributed by atoms with Gasteiger partial charge in [-0.2, -0.15) is 0 Å². The molecule has 1 N–H and O–H groups in total. The minimum absolute atomic E-state index is 0.0784. The zero-order valence-electron chi connectivity index (χ0n) is 15.3. The number of ketones is 1. The third-order valence-corrected chi connectivity index (χ3v) is 4.18. The first-order chi connectivity index (χ1) is 14.0. The highest BCUT2D eigenvalue weighted by Crippen LogP contribution is 2.46. The molecule has 0 unspecified atom stereocenters. The van der Waals surface area contributed by atoms with E-state index >= 15 is 0 Å². The molecule has 0 aromatic heterocycles. The highest BCUT2D eigenvalue weighted by molar-refractivity contribution is 6.00. The Hall–Kier alpha value is -4.13. The van der Waals surface area contributed by atoms with Crippen molar-refractivity contribution >= 4 is 23.5 Å². The van der Waals surface area contributed by atoms with E-state index in [0.717, 1.165) is 0 Å². The maximum atomic E-state index is 12.0. The van der Waals surface area contributed by atoms with Crippen molar-refractivity contribution in [2.75, 3.05) is 5.32 Å². The molecule has 0 fully saturated rings. The lowest BCUT2D eigenvalue weighted by molar-refractivity contribution is 0.0645. The van der Waals surface area contributed by atoms with Crippen molar-refractivity contribution in [3.8, 4) is 23.0 Å². The summed E-state index contributed by atoms with van der Waals surface area (Å²) < 4.78 is 16.3. The molecular weight excluding hydrogens is 374 g/mol. The average Bonchev–Trinajstić information content (AvgIpc) is 2.72. The van der Waals surface area contributed by atoms with Crippen molar-refractivity contribution in [1.82, 2.24) is 0 Å². The fourth-order valence-electron chi connectivity index (χ4n) is 2.74. The van der Waals surface area contributed by atoms with E-state index in [1.165, 1.54) is 6.92 Å². The number of amides is 1. The summed E-state index contributed by atoms with van der Waals surface area (Å²) in [7, 11) is 0. The summed E-state index contributed by atoms with van der Waals surface area (Å²) in [6.45, 7) is 1.47. The maximum Gasteiger partial charge on any atom is 0.419 e. The zero-order chi connectivity index (χ0) is 20.4. The normalized spacial score (nSPS) is 11.2. The molecule has 0 saturated carbocycles. The molecule has 1 aliphatic rings. The van der Waals surface area contributed by atoms with Crippen molar-refractivity contribution in [3.05, 3.63) is 77.9 Å². The lowest BCUT2D eigenvalue weighted by atomic mass is 10.1. The molecule has 0 spiro atoms. The van der Waals surface area contributed by atoms with Crippen LogP contribution in [-0.4, -0.2) is 17.8 Å². The predicted octanol–water partition coefficient (Wildman–Crippen LogP) is 5.18. The van der Waals surface area contributed by atoms with Gasteiger partial charge in [0.05, 0.1) is 5.56 Å². The predicted molar refractivity (Wildman–Crippen MR) is 104 cm³/mol. The lowest BCUT2D eigenvalue weighted by Crippen LogP contribution is -2.18. The number of hydrogen-bond acceptors (Lipinski definition) is 6.